The fourth-order valence-corrected chi connectivity index (χ4v) is 2.51. The second-order valence-electron chi connectivity index (χ2n) is 4.76. The highest BCUT2D eigenvalue weighted by Gasteiger charge is 2.29. The quantitative estimate of drug-likeness (QED) is 0.808. The zero-order chi connectivity index (χ0) is 12.5. The third-order valence-electron chi connectivity index (χ3n) is 3.53. The number of aromatic amines is 1. The third kappa shape index (κ3) is 2.13. The van der Waals surface area contributed by atoms with Crippen LogP contribution in [0.5, 0.6) is 0 Å². The van der Waals surface area contributed by atoms with E-state index in [1.165, 1.54) is 0 Å². The maximum Gasteiger partial charge on any atom is 0.306 e. The molecule has 0 spiro atoms. The largest absolute Gasteiger partial charge is 0.481 e. The van der Waals surface area contributed by atoms with Crippen LogP contribution in [0, 0.1) is 5.92 Å². The molecule has 1 aliphatic carbocycles. The predicted octanol–water partition coefficient (Wildman–Crippen LogP) is 0.687. The number of carboxylic acid groups (broad SMARTS) is 1. The van der Waals surface area contributed by atoms with Crippen molar-refractivity contribution in [3.8, 4) is 0 Å². The van der Waals surface area contributed by atoms with Gasteiger partial charge in [-0.1, -0.05) is 0 Å². The Morgan fingerprint density at radius 1 is 1.44 bits per heavy atom. The van der Waals surface area contributed by atoms with Gasteiger partial charge in [-0.05, 0) is 12.8 Å². The summed E-state index contributed by atoms with van der Waals surface area (Å²) in [6.45, 7) is 1.71. The lowest BCUT2D eigenvalue weighted by molar-refractivity contribution is -0.142. The van der Waals surface area contributed by atoms with Crippen LogP contribution in [-0.2, 0) is 27.1 Å². The number of aryl methyl sites for hydroxylation is 1. The Kier molecular flexibility index (Phi) is 3.05. The molecule has 1 aliphatic heterocycles. The molecule has 98 valence electrons. The summed E-state index contributed by atoms with van der Waals surface area (Å²) in [6.07, 6.45) is 1.77. The summed E-state index contributed by atoms with van der Waals surface area (Å²) in [4.78, 5) is 18.7. The molecule has 2 aliphatic rings. The maximum absolute atomic E-state index is 11.0. The van der Waals surface area contributed by atoms with Crippen LogP contribution in [0.15, 0.2) is 0 Å². The van der Waals surface area contributed by atoms with Gasteiger partial charge in [0.15, 0.2) is 0 Å². The highest BCUT2D eigenvalue weighted by atomic mass is 16.6. The second-order valence-corrected chi connectivity index (χ2v) is 4.76. The van der Waals surface area contributed by atoms with E-state index in [1.807, 2.05) is 0 Å². The molecule has 6 nitrogen and oxygen atoms in total. The average molecular weight is 252 g/mol. The number of hydrogen-bond acceptors (Lipinski definition) is 4. The van der Waals surface area contributed by atoms with E-state index in [2.05, 4.69) is 9.97 Å². The Labute approximate surface area is 104 Å². The van der Waals surface area contributed by atoms with Gasteiger partial charge in [0.1, 0.15) is 11.9 Å². The minimum Gasteiger partial charge on any atom is -0.481 e. The molecule has 1 aromatic heterocycles. The normalized spacial score (nSPS) is 27.8. The van der Waals surface area contributed by atoms with Crippen molar-refractivity contribution in [2.45, 2.75) is 25.4 Å². The van der Waals surface area contributed by atoms with Gasteiger partial charge in [-0.2, -0.15) is 0 Å². The van der Waals surface area contributed by atoms with E-state index >= 15 is 0 Å². The fourth-order valence-electron chi connectivity index (χ4n) is 2.51. The van der Waals surface area contributed by atoms with Gasteiger partial charge in [-0.15, -0.1) is 0 Å². The average Bonchev–Trinajstić information content (AvgIpc) is 2.82. The van der Waals surface area contributed by atoms with E-state index in [9.17, 15) is 4.79 Å². The number of aromatic nitrogens is 2. The topological polar surface area (TPSA) is 84.4 Å². The predicted molar refractivity (Wildman–Crippen MR) is 61.3 cm³/mol. The van der Waals surface area contributed by atoms with Crippen molar-refractivity contribution in [3.05, 3.63) is 17.2 Å². The Hall–Kier alpha value is -1.40. The van der Waals surface area contributed by atoms with Crippen molar-refractivity contribution >= 4 is 5.97 Å². The van der Waals surface area contributed by atoms with Crippen LogP contribution >= 0.6 is 0 Å². The van der Waals surface area contributed by atoms with Crippen LogP contribution in [0.25, 0.3) is 0 Å². The summed E-state index contributed by atoms with van der Waals surface area (Å²) in [5, 5.41) is 9.04. The molecular weight excluding hydrogens is 236 g/mol. The minimum atomic E-state index is -0.728. The molecule has 0 bridgehead atoms. The molecular formula is C12H16N2O4. The molecule has 3 rings (SSSR count). The summed E-state index contributed by atoms with van der Waals surface area (Å²) >= 11 is 0. The highest BCUT2D eigenvalue weighted by molar-refractivity contribution is 5.70. The molecule has 18 heavy (non-hydrogen) atoms. The lowest BCUT2D eigenvalue weighted by Gasteiger charge is -2.20. The first-order chi connectivity index (χ1) is 8.74. The monoisotopic (exact) mass is 252 g/mol. The first-order valence-corrected chi connectivity index (χ1v) is 6.24. The first kappa shape index (κ1) is 11.7. The van der Waals surface area contributed by atoms with Crippen LogP contribution in [0.1, 0.15) is 29.7 Å². The van der Waals surface area contributed by atoms with Crippen LogP contribution in [0.4, 0.5) is 0 Å². The van der Waals surface area contributed by atoms with Crippen LogP contribution in [-0.4, -0.2) is 40.9 Å². The number of hydrogen-bond donors (Lipinski definition) is 2. The van der Waals surface area contributed by atoms with E-state index in [1.54, 1.807) is 0 Å². The molecule has 0 saturated carbocycles. The van der Waals surface area contributed by atoms with Gasteiger partial charge in [0.2, 0.25) is 0 Å². The molecule has 6 heteroatoms. The lowest BCUT2D eigenvalue weighted by Crippen LogP contribution is -2.23. The van der Waals surface area contributed by atoms with E-state index in [0.717, 1.165) is 23.6 Å². The van der Waals surface area contributed by atoms with Crippen LogP contribution < -0.4 is 0 Å². The molecule has 2 heterocycles. The van der Waals surface area contributed by atoms with Crippen LogP contribution in [0.3, 0.4) is 0 Å². The zero-order valence-electron chi connectivity index (χ0n) is 10.0. The third-order valence-corrected chi connectivity index (χ3v) is 3.53. The van der Waals surface area contributed by atoms with Crippen molar-refractivity contribution in [1.82, 2.24) is 9.97 Å². The summed E-state index contributed by atoms with van der Waals surface area (Å²) in [6, 6.07) is 0. The number of nitrogens with one attached hydrogen (secondary N) is 1. The molecule has 2 atom stereocenters. The van der Waals surface area contributed by atoms with Crippen molar-refractivity contribution in [3.63, 3.8) is 0 Å². The summed E-state index contributed by atoms with van der Waals surface area (Å²) in [7, 11) is 0. The number of ether oxygens (including phenoxy) is 2. The van der Waals surface area contributed by atoms with Gasteiger partial charge in [0.25, 0.3) is 0 Å². The minimum absolute atomic E-state index is 0.146. The Bertz CT molecular complexity index is 451. The Morgan fingerprint density at radius 3 is 3.06 bits per heavy atom. The number of carboxylic acids is 1. The molecule has 0 amide bonds. The van der Waals surface area contributed by atoms with Crippen LogP contribution in [0.2, 0.25) is 0 Å². The number of nitrogens with zero attached hydrogens (tertiary/aromatic N) is 1. The van der Waals surface area contributed by atoms with Gasteiger partial charge >= 0.3 is 5.97 Å². The smallest absolute Gasteiger partial charge is 0.306 e. The summed E-state index contributed by atoms with van der Waals surface area (Å²) in [5.41, 5.74) is 1.93. The SMILES string of the molecule is O=C(O)C1CCc2nc(C3COCCO3)[nH]c2C1. The van der Waals surface area contributed by atoms with Crippen molar-refractivity contribution in [2.24, 2.45) is 5.92 Å². The van der Waals surface area contributed by atoms with E-state index in [4.69, 9.17) is 14.6 Å². The first-order valence-electron chi connectivity index (χ1n) is 6.24. The molecule has 1 aromatic rings. The second kappa shape index (κ2) is 4.70. The zero-order valence-corrected chi connectivity index (χ0v) is 10.0. The number of rotatable bonds is 2. The fraction of sp³-hybridized carbons (Fsp3) is 0.667. The number of fused-ring (bicyclic) bond motifs is 1. The van der Waals surface area contributed by atoms with Crippen molar-refractivity contribution in [2.75, 3.05) is 19.8 Å². The van der Waals surface area contributed by atoms with E-state index in [-0.39, 0.29) is 12.0 Å². The standard InChI is InChI=1S/C12H16N2O4/c15-12(16)7-1-2-8-9(5-7)14-11(13-8)10-6-17-3-4-18-10/h7,10H,1-6H2,(H,13,14)(H,15,16). The molecule has 2 unspecified atom stereocenters. The summed E-state index contributed by atoms with van der Waals surface area (Å²) < 4.78 is 10.9. The molecule has 1 saturated heterocycles. The van der Waals surface area contributed by atoms with Gasteiger partial charge in [0, 0.05) is 12.1 Å². The molecule has 2 N–H and O–H groups in total. The molecule has 0 aromatic carbocycles. The van der Waals surface area contributed by atoms with Gasteiger partial charge in [-0.3, -0.25) is 4.79 Å². The van der Waals surface area contributed by atoms with E-state index < -0.39 is 5.97 Å². The molecule has 1 fully saturated rings. The number of carbonyl (C=O) groups is 1. The molecule has 0 radical (unpaired) electrons. The highest BCUT2D eigenvalue weighted by Crippen LogP contribution is 2.27. The lowest BCUT2D eigenvalue weighted by atomic mass is 9.90. The Balaban J connectivity index is 1.78. The van der Waals surface area contributed by atoms with E-state index in [0.29, 0.717) is 32.7 Å². The van der Waals surface area contributed by atoms with Crippen molar-refractivity contribution < 1.29 is 19.4 Å². The number of H-pyrrole nitrogens is 1. The van der Waals surface area contributed by atoms with Gasteiger partial charge < -0.3 is 19.6 Å². The summed E-state index contributed by atoms with van der Waals surface area (Å²) in [5.74, 6) is -0.255. The number of aliphatic carboxylic acids is 1. The Morgan fingerprint density at radius 2 is 2.33 bits per heavy atom. The maximum atomic E-state index is 11.0. The van der Waals surface area contributed by atoms with Gasteiger partial charge in [-0.25, -0.2) is 4.98 Å². The number of imidazole rings is 1. The van der Waals surface area contributed by atoms with Crippen molar-refractivity contribution in [1.29, 1.82) is 0 Å². The van der Waals surface area contributed by atoms with Gasteiger partial charge in [0.05, 0.1) is 31.4 Å².